The van der Waals surface area contributed by atoms with Crippen molar-refractivity contribution in [1.29, 1.82) is 0 Å². The van der Waals surface area contributed by atoms with Gasteiger partial charge in [-0.2, -0.15) is 0 Å². The van der Waals surface area contributed by atoms with Crippen molar-refractivity contribution in [3.05, 3.63) is 27.9 Å². The molecule has 2 N–H and O–H groups in total. The zero-order valence-corrected chi connectivity index (χ0v) is 10.6. The molecular formula is C11H12N4O5. The van der Waals surface area contributed by atoms with Gasteiger partial charge >= 0.3 is 5.82 Å². The lowest BCUT2D eigenvalue weighted by Crippen LogP contribution is -2.52. The van der Waals surface area contributed by atoms with Crippen molar-refractivity contribution >= 4 is 23.5 Å². The number of piperidine rings is 1. The van der Waals surface area contributed by atoms with Crippen LogP contribution in [0, 0.1) is 10.1 Å². The molecule has 0 spiro atoms. The van der Waals surface area contributed by atoms with Gasteiger partial charge in [0.15, 0.2) is 5.69 Å². The summed E-state index contributed by atoms with van der Waals surface area (Å²) in [6.45, 7) is 0. The van der Waals surface area contributed by atoms with E-state index in [1.54, 1.807) is 0 Å². The van der Waals surface area contributed by atoms with Gasteiger partial charge in [0.1, 0.15) is 6.04 Å². The Morgan fingerprint density at radius 3 is 2.75 bits per heavy atom. The highest BCUT2D eigenvalue weighted by atomic mass is 16.6. The van der Waals surface area contributed by atoms with E-state index in [1.165, 1.54) is 19.2 Å². The zero-order chi connectivity index (χ0) is 14.9. The number of nitrogens with zero attached hydrogens (tertiary/aromatic N) is 2. The van der Waals surface area contributed by atoms with Crippen LogP contribution >= 0.6 is 0 Å². The maximum Gasteiger partial charge on any atom is 0.323 e. The second-order valence-corrected chi connectivity index (χ2v) is 4.37. The van der Waals surface area contributed by atoms with Gasteiger partial charge < -0.3 is 15.4 Å². The van der Waals surface area contributed by atoms with Gasteiger partial charge in [0.05, 0.1) is 7.05 Å². The average molecular weight is 280 g/mol. The summed E-state index contributed by atoms with van der Waals surface area (Å²) in [7, 11) is 1.39. The Hall–Kier alpha value is -2.71. The van der Waals surface area contributed by atoms with E-state index in [0.29, 0.717) is 0 Å². The second-order valence-electron chi connectivity index (χ2n) is 4.37. The Morgan fingerprint density at radius 2 is 2.20 bits per heavy atom. The van der Waals surface area contributed by atoms with Crippen LogP contribution in [-0.2, 0) is 16.6 Å². The van der Waals surface area contributed by atoms with Crippen LogP contribution in [0.25, 0.3) is 0 Å². The highest BCUT2D eigenvalue weighted by molar-refractivity contribution is 6.03. The first-order chi connectivity index (χ1) is 9.40. The van der Waals surface area contributed by atoms with E-state index in [1.807, 2.05) is 0 Å². The number of carbonyl (C=O) groups is 3. The van der Waals surface area contributed by atoms with Crippen LogP contribution in [0.1, 0.15) is 23.3 Å². The van der Waals surface area contributed by atoms with Gasteiger partial charge in [0, 0.05) is 12.5 Å². The summed E-state index contributed by atoms with van der Waals surface area (Å²) in [6, 6.07) is 1.70. The van der Waals surface area contributed by atoms with E-state index in [4.69, 9.17) is 0 Å². The number of nitrogens with one attached hydrogen (secondary N) is 2. The van der Waals surface area contributed by atoms with Crippen LogP contribution in [0.3, 0.4) is 0 Å². The molecule has 1 aliphatic heterocycles. The summed E-state index contributed by atoms with van der Waals surface area (Å²) < 4.78 is 1.13. The molecule has 2 heterocycles. The third-order valence-corrected chi connectivity index (χ3v) is 3.06. The first-order valence-corrected chi connectivity index (χ1v) is 5.85. The minimum atomic E-state index is -0.811. The molecule has 9 nitrogen and oxygen atoms in total. The fourth-order valence-corrected chi connectivity index (χ4v) is 1.98. The Bertz CT molecular complexity index is 606. The summed E-state index contributed by atoms with van der Waals surface area (Å²) in [5, 5.41) is 15.3. The average Bonchev–Trinajstić information content (AvgIpc) is 2.74. The van der Waals surface area contributed by atoms with Gasteiger partial charge in [-0.1, -0.05) is 0 Å². The molecule has 0 aliphatic carbocycles. The van der Waals surface area contributed by atoms with Crippen molar-refractivity contribution < 1.29 is 19.3 Å². The lowest BCUT2D eigenvalue weighted by Gasteiger charge is -2.21. The summed E-state index contributed by atoms with van der Waals surface area (Å²) >= 11 is 0. The number of imide groups is 1. The maximum atomic E-state index is 12.0. The van der Waals surface area contributed by atoms with Crippen LogP contribution in [0.5, 0.6) is 0 Å². The highest BCUT2D eigenvalue weighted by Crippen LogP contribution is 2.15. The van der Waals surface area contributed by atoms with Crippen molar-refractivity contribution in [2.24, 2.45) is 7.05 Å². The van der Waals surface area contributed by atoms with Crippen molar-refractivity contribution in [2.45, 2.75) is 18.9 Å². The summed E-state index contributed by atoms with van der Waals surface area (Å²) in [5.74, 6) is -1.78. The number of rotatable bonds is 3. The monoisotopic (exact) mass is 280 g/mol. The third kappa shape index (κ3) is 2.51. The van der Waals surface area contributed by atoms with Crippen molar-refractivity contribution in [3.63, 3.8) is 0 Å². The SMILES string of the molecule is Cn1c(C(=O)NC2CCC(=O)NC2=O)ccc1[N+](=O)[O-]. The summed E-state index contributed by atoms with van der Waals surface area (Å²) in [5.41, 5.74) is 0.0707. The Balaban J connectivity index is 2.11. The van der Waals surface area contributed by atoms with Crippen LogP contribution in [0.2, 0.25) is 0 Å². The molecule has 0 saturated carbocycles. The minimum absolute atomic E-state index is 0.0707. The second kappa shape index (κ2) is 5.11. The molecule has 0 radical (unpaired) electrons. The molecule has 1 saturated heterocycles. The Morgan fingerprint density at radius 1 is 1.50 bits per heavy atom. The molecule has 2 rings (SSSR count). The Kier molecular flexibility index (Phi) is 3.51. The largest absolute Gasteiger partial charge is 0.358 e. The standard InChI is InChI=1S/C11H12N4O5/c1-14-7(3-5-9(14)15(19)20)11(18)12-6-2-4-8(16)13-10(6)17/h3,5-6H,2,4H2,1H3,(H,12,18)(H,13,16,17). The quantitative estimate of drug-likeness (QED) is 0.437. The lowest BCUT2D eigenvalue weighted by molar-refractivity contribution is -0.391. The fraction of sp³-hybridized carbons (Fsp3) is 0.364. The van der Waals surface area contributed by atoms with Crippen LogP contribution in [-0.4, -0.2) is 33.3 Å². The highest BCUT2D eigenvalue weighted by Gasteiger charge is 2.30. The molecule has 9 heteroatoms. The van der Waals surface area contributed by atoms with E-state index in [-0.39, 0.29) is 30.3 Å². The van der Waals surface area contributed by atoms with Crippen LogP contribution in [0.4, 0.5) is 5.82 Å². The molecule has 1 unspecified atom stereocenters. The number of aromatic nitrogens is 1. The van der Waals surface area contributed by atoms with E-state index >= 15 is 0 Å². The molecule has 1 aromatic rings. The first-order valence-electron chi connectivity index (χ1n) is 5.85. The normalized spacial score (nSPS) is 18.6. The molecule has 1 aliphatic rings. The lowest BCUT2D eigenvalue weighted by atomic mass is 10.1. The third-order valence-electron chi connectivity index (χ3n) is 3.06. The summed E-state index contributed by atoms with van der Waals surface area (Å²) in [6.07, 6.45) is 0.354. The van der Waals surface area contributed by atoms with Crippen molar-refractivity contribution in [1.82, 2.24) is 15.2 Å². The molecule has 20 heavy (non-hydrogen) atoms. The molecule has 106 valence electrons. The number of hydrogen-bond acceptors (Lipinski definition) is 5. The zero-order valence-electron chi connectivity index (χ0n) is 10.6. The Labute approximate surface area is 113 Å². The van der Waals surface area contributed by atoms with E-state index in [2.05, 4.69) is 10.6 Å². The van der Waals surface area contributed by atoms with Crippen LogP contribution < -0.4 is 10.6 Å². The molecule has 1 atom stereocenters. The topological polar surface area (TPSA) is 123 Å². The van der Waals surface area contributed by atoms with Crippen molar-refractivity contribution in [3.8, 4) is 0 Å². The van der Waals surface area contributed by atoms with Gasteiger partial charge in [-0.3, -0.25) is 19.7 Å². The number of nitro groups is 1. The fourth-order valence-electron chi connectivity index (χ4n) is 1.98. The van der Waals surface area contributed by atoms with Gasteiger partial charge in [-0.05, 0) is 17.4 Å². The molecular weight excluding hydrogens is 268 g/mol. The van der Waals surface area contributed by atoms with E-state index < -0.39 is 22.8 Å². The number of amides is 3. The molecule has 1 fully saturated rings. The maximum absolute atomic E-state index is 12.0. The smallest absolute Gasteiger partial charge is 0.323 e. The summed E-state index contributed by atoms with van der Waals surface area (Å²) in [4.78, 5) is 44.5. The first kappa shape index (κ1) is 13.7. The molecule has 0 bridgehead atoms. The molecule has 1 aromatic heterocycles. The van der Waals surface area contributed by atoms with Crippen LogP contribution in [0.15, 0.2) is 12.1 Å². The molecule has 3 amide bonds. The molecule has 0 aromatic carbocycles. The number of hydrogen-bond donors (Lipinski definition) is 2. The van der Waals surface area contributed by atoms with Gasteiger partial charge in [0.25, 0.3) is 5.91 Å². The van der Waals surface area contributed by atoms with Crippen molar-refractivity contribution in [2.75, 3.05) is 0 Å². The van der Waals surface area contributed by atoms with Gasteiger partial charge in [-0.25, -0.2) is 4.57 Å². The number of carbonyl (C=O) groups excluding carboxylic acids is 3. The predicted octanol–water partition coefficient (Wildman–Crippen LogP) is -0.532. The minimum Gasteiger partial charge on any atom is -0.358 e. The van der Waals surface area contributed by atoms with E-state index in [0.717, 1.165) is 4.57 Å². The van der Waals surface area contributed by atoms with Gasteiger partial charge in [0.2, 0.25) is 11.8 Å². The van der Waals surface area contributed by atoms with Gasteiger partial charge in [-0.15, -0.1) is 0 Å². The predicted molar refractivity (Wildman–Crippen MR) is 65.7 cm³/mol. The van der Waals surface area contributed by atoms with E-state index in [9.17, 15) is 24.5 Å².